The molecular formula is C16H15FN2O6S. The monoisotopic (exact) mass is 382 g/mol. The number of furan rings is 1. The fourth-order valence-corrected chi connectivity index (χ4v) is 4.31. The second-order valence-corrected chi connectivity index (χ2v) is 7.52. The van der Waals surface area contributed by atoms with Gasteiger partial charge in [0.2, 0.25) is 16.8 Å². The second kappa shape index (κ2) is 6.89. The highest BCUT2D eigenvalue weighted by Gasteiger charge is 2.41. The molecule has 1 aliphatic rings. The number of carboxylic acids is 1. The smallest absolute Gasteiger partial charge is 0.371 e. The molecule has 1 amide bonds. The molecule has 2 aromatic rings. The van der Waals surface area contributed by atoms with Crippen LogP contribution in [0.1, 0.15) is 23.4 Å². The maximum Gasteiger partial charge on any atom is 0.371 e. The first-order valence-corrected chi connectivity index (χ1v) is 9.14. The van der Waals surface area contributed by atoms with E-state index in [9.17, 15) is 22.4 Å². The summed E-state index contributed by atoms with van der Waals surface area (Å²) in [6.07, 6.45) is 0.770. The van der Waals surface area contributed by atoms with Crippen molar-refractivity contribution < 1.29 is 31.9 Å². The van der Waals surface area contributed by atoms with Crippen LogP contribution in [0.3, 0.4) is 0 Å². The Kier molecular flexibility index (Phi) is 4.79. The molecule has 0 bridgehead atoms. The zero-order valence-electron chi connectivity index (χ0n) is 13.4. The van der Waals surface area contributed by atoms with Gasteiger partial charge in [-0.3, -0.25) is 4.79 Å². The Bertz CT molecular complexity index is 938. The number of hydrogen-bond donors (Lipinski definition) is 2. The van der Waals surface area contributed by atoms with Crippen molar-refractivity contribution in [1.29, 1.82) is 0 Å². The van der Waals surface area contributed by atoms with Gasteiger partial charge in [0.1, 0.15) is 11.9 Å². The Labute approximate surface area is 148 Å². The molecule has 2 N–H and O–H groups in total. The van der Waals surface area contributed by atoms with Gasteiger partial charge in [0.15, 0.2) is 0 Å². The van der Waals surface area contributed by atoms with Gasteiger partial charge in [-0.2, -0.15) is 4.31 Å². The highest BCUT2D eigenvalue weighted by atomic mass is 32.2. The standard InChI is InChI=1S/C16H15FN2O6S/c17-10-3-5-11(6-4-10)18-15(20)12-2-1-9-19(12)26(23,24)14-8-7-13(25-14)16(21)22/h3-8,12H,1-2,9H2,(H,18,20)(H,21,22). The van der Waals surface area contributed by atoms with Gasteiger partial charge in [-0.15, -0.1) is 0 Å². The summed E-state index contributed by atoms with van der Waals surface area (Å²) >= 11 is 0. The molecule has 138 valence electrons. The molecule has 0 radical (unpaired) electrons. The third kappa shape index (κ3) is 3.46. The zero-order valence-corrected chi connectivity index (χ0v) is 14.2. The van der Waals surface area contributed by atoms with Crippen molar-refractivity contribution in [1.82, 2.24) is 4.31 Å². The van der Waals surface area contributed by atoms with Crippen LogP contribution in [0.25, 0.3) is 0 Å². The lowest BCUT2D eigenvalue weighted by Crippen LogP contribution is -2.43. The molecule has 0 aliphatic carbocycles. The third-order valence-electron chi connectivity index (χ3n) is 3.97. The topological polar surface area (TPSA) is 117 Å². The summed E-state index contributed by atoms with van der Waals surface area (Å²) in [5, 5.41) is 10.9. The van der Waals surface area contributed by atoms with Crippen molar-refractivity contribution in [3.05, 3.63) is 48.0 Å². The second-order valence-electron chi connectivity index (χ2n) is 5.69. The van der Waals surface area contributed by atoms with E-state index in [0.29, 0.717) is 18.5 Å². The number of carbonyl (C=O) groups excluding carboxylic acids is 1. The summed E-state index contributed by atoms with van der Waals surface area (Å²) in [5.41, 5.74) is 0.340. The number of nitrogens with zero attached hydrogens (tertiary/aromatic N) is 1. The highest BCUT2D eigenvalue weighted by Crippen LogP contribution is 2.28. The number of anilines is 1. The minimum atomic E-state index is -4.16. The minimum Gasteiger partial charge on any atom is -0.475 e. The van der Waals surface area contributed by atoms with Crippen LogP contribution in [0, 0.1) is 5.82 Å². The molecule has 26 heavy (non-hydrogen) atoms. The maximum atomic E-state index is 12.9. The van der Waals surface area contributed by atoms with Crippen molar-refractivity contribution in [3.63, 3.8) is 0 Å². The molecule has 1 atom stereocenters. The number of sulfonamides is 1. The normalized spacial score (nSPS) is 18.0. The number of carboxylic acid groups (broad SMARTS) is 1. The van der Waals surface area contributed by atoms with E-state index in [1.54, 1.807) is 0 Å². The number of nitrogens with one attached hydrogen (secondary N) is 1. The van der Waals surface area contributed by atoms with Crippen LogP contribution in [0.15, 0.2) is 45.9 Å². The number of amides is 1. The molecule has 2 heterocycles. The average molecular weight is 382 g/mol. The van der Waals surface area contributed by atoms with Gasteiger partial charge in [-0.1, -0.05) is 0 Å². The van der Waals surface area contributed by atoms with E-state index in [0.717, 1.165) is 16.4 Å². The van der Waals surface area contributed by atoms with Gasteiger partial charge < -0.3 is 14.8 Å². The van der Waals surface area contributed by atoms with Gasteiger partial charge >= 0.3 is 5.97 Å². The van der Waals surface area contributed by atoms with Crippen LogP contribution in [0.2, 0.25) is 0 Å². The van der Waals surface area contributed by atoms with E-state index in [4.69, 9.17) is 9.52 Å². The quantitative estimate of drug-likeness (QED) is 0.816. The Balaban J connectivity index is 1.81. The van der Waals surface area contributed by atoms with Gasteiger partial charge in [0.05, 0.1) is 0 Å². The fraction of sp³-hybridized carbons (Fsp3) is 0.250. The van der Waals surface area contributed by atoms with E-state index in [2.05, 4.69) is 5.32 Å². The third-order valence-corrected chi connectivity index (χ3v) is 5.76. The van der Waals surface area contributed by atoms with E-state index in [1.807, 2.05) is 0 Å². The fourth-order valence-electron chi connectivity index (χ4n) is 2.74. The van der Waals surface area contributed by atoms with Gasteiger partial charge in [0.25, 0.3) is 10.0 Å². The van der Waals surface area contributed by atoms with Crippen molar-refractivity contribution in [2.75, 3.05) is 11.9 Å². The first kappa shape index (κ1) is 18.1. The van der Waals surface area contributed by atoms with Crippen molar-refractivity contribution in [2.45, 2.75) is 24.0 Å². The molecule has 1 aromatic carbocycles. The number of halogens is 1. The number of aromatic carboxylic acids is 1. The Hall–Kier alpha value is -2.72. The number of hydrogen-bond acceptors (Lipinski definition) is 5. The van der Waals surface area contributed by atoms with Crippen LogP contribution >= 0.6 is 0 Å². The van der Waals surface area contributed by atoms with Gasteiger partial charge in [-0.25, -0.2) is 17.6 Å². The van der Waals surface area contributed by atoms with E-state index >= 15 is 0 Å². The lowest BCUT2D eigenvalue weighted by atomic mass is 10.2. The van der Waals surface area contributed by atoms with E-state index in [1.165, 1.54) is 24.3 Å². The SMILES string of the molecule is O=C(O)c1ccc(S(=O)(=O)N2CCCC2C(=O)Nc2ccc(F)cc2)o1. The Morgan fingerprint density at radius 2 is 1.88 bits per heavy atom. The van der Waals surface area contributed by atoms with E-state index < -0.39 is 44.6 Å². The van der Waals surface area contributed by atoms with Crippen molar-refractivity contribution in [2.24, 2.45) is 0 Å². The summed E-state index contributed by atoms with van der Waals surface area (Å²) in [4.78, 5) is 23.3. The van der Waals surface area contributed by atoms with Crippen LogP contribution in [-0.4, -0.2) is 42.3 Å². The molecule has 8 nitrogen and oxygen atoms in total. The first-order valence-electron chi connectivity index (χ1n) is 7.70. The molecular weight excluding hydrogens is 367 g/mol. The van der Waals surface area contributed by atoms with Gasteiger partial charge in [-0.05, 0) is 49.2 Å². The molecule has 1 saturated heterocycles. The zero-order chi connectivity index (χ0) is 18.9. The van der Waals surface area contributed by atoms with Crippen molar-refractivity contribution >= 4 is 27.6 Å². The summed E-state index contributed by atoms with van der Waals surface area (Å²) in [6.45, 7) is 0.104. The lowest BCUT2D eigenvalue weighted by Gasteiger charge is -2.22. The van der Waals surface area contributed by atoms with Crippen LogP contribution in [0.4, 0.5) is 10.1 Å². The Morgan fingerprint density at radius 3 is 2.50 bits per heavy atom. The Morgan fingerprint density at radius 1 is 1.19 bits per heavy atom. The van der Waals surface area contributed by atoms with Crippen LogP contribution in [0.5, 0.6) is 0 Å². The number of carbonyl (C=O) groups is 2. The van der Waals surface area contributed by atoms with Gasteiger partial charge in [0, 0.05) is 12.2 Å². The van der Waals surface area contributed by atoms with Crippen LogP contribution in [-0.2, 0) is 14.8 Å². The maximum absolute atomic E-state index is 12.9. The summed E-state index contributed by atoms with van der Waals surface area (Å²) < 4.78 is 44.2. The highest BCUT2D eigenvalue weighted by molar-refractivity contribution is 7.89. The minimum absolute atomic E-state index is 0.104. The summed E-state index contributed by atoms with van der Waals surface area (Å²) in [6, 6.07) is 6.21. The largest absolute Gasteiger partial charge is 0.475 e. The predicted octanol–water partition coefficient (Wildman–Crippen LogP) is 1.91. The number of benzene rings is 1. The summed E-state index contributed by atoms with van der Waals surface area (Å²) in [5.74, 6) is -2.91. The van der Waals surface area contributed by atoms with E-state index in [-0.39, 0.29) is 6.54 Å². The molecule has 1 fully saturated rings. The molecule has 1 aliphatic heterocycles. The molecule has 10 heteroatoms. The molecule has 3 rings (SSSR count). The molecule has 1 aromatic heterocycles. The lowest BCUT2D eigenvalue weighted by molar-refractivity contribution is -0.119. The first-order chi connectivity index (χ1) is 12.3. The van der Waals surface area contributed by atoms with Crippen molar-refractivity contribution in [3.8, 4) is 0 Å². The molecule has 0 saturated carbocycles. The van der Waals surface area contributed by atoms with Crippen LogP contribution < -0.4 is 5.32 Å². The average Bonchev–Trinajstić information content (AvgIpc) is 3.27. The molecule has 1 unspecified atom stereocenters. The molecule has 0 spiro atoms. The summed E-state index contributed by atoms with van der Waals surface area (Å²) in [7, 11) is -4.16. The number of rotatable bonds is 5. The predicted molar refractivity (Wildman–Crippen MR) is 87.6 cm³/mol.